The van der Waals surface area contributed by atoms with E-state index in [0.29, 0.717) is 6.04 Å². The zero-order chi connectivity index (χ0) is 12.5. The van der Waals surface area contributed by atoms with Crippen LogP contribution in [-0.2, 0) is 7.05 Å². The Morgan fingerprint density at radius 2 is 2.11 bits per heavy atom. The molecule has 3 heterocycles. The summed E-state index contributed by atoms with van der Waals surface area (Å²) in [5, 5.41) is 8.22. The van der Waals surface area contributed by atoms with Gasteiger partial charge in [0.15, 0.2) is 0 Å². The molecule has 1 aliphatic rings. The number of hydrogen-bond donors (Lipinski definition) is 1. The lowest BCUT2D eigenvalue weighted by molar-refractivity contribution is 0.571. The standard InChI is InChI=1S/C14H18N4/c1-10-13(11-5-8-15-9-6-11)17-18(2)14(10)12-4-3-7-16-12/h5-6,8-9,12,16H,3-4,7H2,1-2H3. The second-order valence-corrected chi connectivity index (χ2v) is 4.87. The number of rotatable bonds is 2. The molecule has 1 saturated heterocycles. The highest BCUT2D eigenvalue weighted by atomic mass is 15.3. The van der Waals surface area contributed by atoms with E-state index < -0.39 is 0 Å². The van der Waals surface area contributed by atoms with E-state index in [1.54, 1.807) is 0 Å². The second-order valence-electron chi connectivity index (χ2n) is 4.87. The van der Waals surface area contributed by atoms with E-state index in [9.17, 15) is 0 Å². The van der Waals surface area contributed by atoms with E-state index in [0.717, 1.165) is 17.8 Å². The number of aromatic nitrogens is 3. The van der Waals surface area contributed by atoms with Gasteiger partial charge >= 0.3 is 0 Å². The molecule has 94 valence electrons. The lowest BCUT2D eigenvalue weighted by atomic mass is 10.0. The first kappa shape index (κ1) is 11.4. The molecule has 0 aromatic carbocycles. The summed E-state index contributed by atoms with van der Waals surface area (Å²) >= 11 is 0. The molecule has 0 aliphatic carbocycles. The van der Waals surface area contributed by atoms with Crippen LogP contribution in [0.15, 0.2) is 24.5 Å². The van der Waals surface area contributed by atoms with Gasteiger partial charge in [0.25, 0.3) is 0 Å². The van der Waals surface area contributed by atoms with Crippen molar-refractivity contribution in [2.24, 2.45) is 7.05 Å². The summed E-state index contributed by atoms with van der Waals surface area (Å²) in [5.41, 5.74) is 4.81. The fourth-order valence-corrected chi connectivity index (χ4v) is 2.83. The molecule has 2 aromatic heterocycles. The molecule has 1 aliphatic heterocycles. The fraction of sp³-hybridized carbons (Fsp3) is 0.429. The van der Waals surface area contributed by atoms with Crippen LogP contribution < -0.4 is 5.32 Å². The van der Waals surface area contributed by atoms with Gasteiger partial charge in [-0.2, -0.15) is 5.10 Å². The Bertz CT molecular complexity index is 538. The van der Waals surface area contributed by atoms with Gasteiger partial charge in [-0.25, -0.2) is 0 Å². The molecular formula is C14H18N4. The minimum Gasteiger partial charge on any atom is -0.309 e. The Labute approximate surface area is 107 Å². The van der Waals surface area contributed by atoms with Gasteiger partial charge in [0.05, 0.1) is 11.4 Å². The van der Waals surface area contributed by atoms with Crippen molar-refractivity contribution in [1.29, 1.82) is 0 Å². The molecule has 18 heavy (non-hydrogen) atoms. The topological polar surface area (TPSA) is 42.7 Å². The van der Waals surface area contributed by atoms with Crippen LogP contribution in [0.1, 0.15) is 30.1 Å². The molecule has 1 unspecified atom stereocenters. The zero-order valence-electron chi connectivity index (χ0n) is 10.8. The SMILES string of the molecule is Cc1c(-c2ccncc2)nn(C)c1C1CCCN1. The predicted molar refractivity (Wildman–Crippen MR) is 71.2 cm³/mol. The van der Waals surface area contributed by atoms with Crippen molar-refractivity contribution < 1.29 is 0 Å². The molecule has 1 N–H and O–H groups in total. The fourth-order valence-electron chi connectivity index (χ4n) is 2.83. The number of hydrogen-bond acceptors (Lipinski definition) is 3. The summed E-state index contributed by atoms with van der Waals surface area (Å²) in [6.07, 6.45) is 6.09. The summed E-state index contributed by atoms with van der Waals surface area (Å²) < 4.78 is 2.02. The average molecular weight is 242 g/mol. The van der Waals surface area contributed by atoms with Crippen LogP contribution in [-0.4, -0.2) is 21.3 Å². The van der Waals surface area contributed by atoms with Gasteiger partial charge in [-0.1, -0.05) is 0 Å². The van der Waals surface area contributed by atoms with Gasteiger partial charge in [-0.15, -0.1) is 0 Å². The molecule has 1 fully saturated rings. The molecule has 0 amide bonds. The molecule has 2 aromatic rings. The van der Waals surface area contributed by atoms with Gasteiger partial charge in [0, 0.05) is 31.0 Å². The van der Waals surface area contributed by atoms with E-state index in [1.807, 2.05) is 36.3 Å². The van der Waals surface area contributed by atoms with Crippen LogP contribution >= 0.6 is 0 Å². The maximum Gasteiger partial charge on any atom is 0.0956 e. The average Bonchev–Trinajstić information content (AvgIpc) is 2.99. The van der Waals surface area contributed by atoms with Crippen LogP contribution in [0.25, 0.3) is 11.3 Å². The zero-order valence-corrected chi connectivity index (χ0v) is 10.8. The van der Waals surface area contributed by atoms with Crippen molar-refractivity contribution in [3.8, 4) is 11.3 Å². The molecule has 0 bridgehead atoms. The Kier molecular flexibility index (Phi) is 2.88. The van der Waals surface area contributed by atoms with Gasteiger partial charge in [0.1, 0.15) is 0 Å². The highest BCUT2D eigenvalue weighted by molar-refractivity contribution is 5.63. The molecule has 4 heteroatoms. The van der Waals surface area contributed by atoms with Gasteiger partial charge in [-0.05, 0) is 44.0 Å². The summed E-state index contributed by atoms with van der Waals surface area (Å²) in [6.45, 7) is 3.28. The number of nitrogens with zero attached hydrogens (tertiary/aromatic N) is 3. The highest BCUT2D eigenvalue weighted by Crippen LogP contribution is 2.31. The third-order valence-corrected chi connectivity index (χ3v) is 3.68. The summed E-state index contributed by atoms with van der Waals surface area (Å²) in [7, 11) is 2.03. The van der Waals surface area contributed by atoms with Crippen LogP contribution in [0.4, 0.5) is 0 Å². The van der Waals surface area contributed by atoms with Gasteiger partial charge in [0.2, 0.25) is 0 Å². The Morgan fingerprint density at radius 1 is 1.33 bits per heavy atom. The molecule has 0 saturated carbocycles. The highest BCUT2D eigenvalue weighted by Gasteiger charge is 2.24. The lowest BCUT2D eigenvalue weighted by Crippen LogP contribution is -2.17. The van der Waals surface area contributed by atoms with E-state index >= 15 is 0 Å². The third-order valence-electron chi connectivity index (χ3n) is 3.68. The third kappa shape index (κ3) is 1.82. The van der Waals surface area contributed by atoms with Crippen LogP contribution in [0.3, 0.4) is 0 Å². The molecule has 4 nitrogen and oxygen atoms in total. The van der Waals surface area contributed by atoms with Crippen LogP contribution in [0.2, 0.25) is 0 Å². The Morgan fingerprint density at radius 3 is 2.78 bits per heavy atom. The first-order chi connectivity index (χ1) is 8.77. The molecule has 3 rings (SSSR count). The van der Waals surface area contributed by atoms with Crippen molar-refractivity contribution in [3.63, 3.8) is 0 Å². The Hall–Kier alpha value is -1.68. The monoisotopic (exact) mass is 242 g/mol. The van der Waals surface area contributed by atoms with Crippen molar-refractivity contribution >= 4 is 0 Å². The van der Waals surface area contributed by atoms with Crippen molar-refractivity contribution in [2.75, 3.05) is 6.54 Å². The first-order valence-electron chi connectivity index (χ1n) is 6.44. The smallest absolute Gasteiger partial charge is 0.0956 e. The summed E-state index contributed by atoms with van der Waals surface area (Å²) in [6, 6.07) is 4.49. The lowest BCUT2D eigenvalue weighted by Gasteiger charge is -2.11. The van der Waals surface area contributed by atoms with Gasteiger partial charge < -0.3 is 5.32 Å². The Balaban J connectivity index is 2.05. The number of aryl methyl sites for hydroxylation is 1. The normalized spacial score (nSPS) is 19.3. The van der Waals surface area contributed by atoms with Gasteiger partial charge in [-0.3, -0.25) is 9.67 Å². The molecule has 1 atom stereocenters. The van der Waals surface area contributed by atoms with Crippen LogP contribution in [0, 0.1) is 6.92 Å². The molecule has 0 spiro atoms. The van der Waals surface area contributed by atoms with Crippen molar-refractivity contribution in [3.05, 3.63) is 35.8 Å². The van der Waals surface area contributed by atoms with Crippen molar-refractivity contribution in [2.45, 2.75) is 25.8 Å². The quantitative estimate of drug-likeness (QED) is 0.878. The predicted octanol–water partition coefficient (Wildman–Crippen LogP) is 2.22. The molecule has 0 radical (unpaired) electrons. The second kappa shape index (κ2) is 4.53. The minimum absolute atomic E-state index is 0.457. The largest absolute Gasteiger partial charge is 0.309 e. The van der Waals surface area contributed by atoms with Crippen LogP contribution in [0.5, 0.6) is 0 Å². The summed E-state index contributed by atoms with van der Waals surface area (Å²) in [5.74, 6) is 0. The van der Waals surface area contributed by atoms with E-state index in [4.69, 9.17) is 0 Å². The number of nitrogens with one attached hydrogen (secondary N) is 1. The first-order valence-corrected chi connectivity index (χ1v) is 6.44. The number of pyridine rings is 1. The minimum atomic E-state index is 0.457. The van der Waals surface area contributed by atoms with E-state index in [-0.39, 0.29) is 0 Å². The maximum atomic E-state index is 4.67. The van der Waals surface area contributed by atoms with E-state index in [1.165, 1.54) is 24.1 Å². The van der Waals surface area contributed by atoms with E-state index in [2.05, 4.69) is 22.3 Å². The maximum absolute atomic E-state index is 4.67. The molecular weight excluding hydrogens is 224 g/mol. The van der Waals surface area contributed by atoms with Crippen molar-refractivity contribution in [1.82, 2.24) is 20.1 Å². The summed E-state index contributed by atoms with van der Waals surface area (Å²) in [4.78, 5) is 4.06.